The number of anilines is 1. The molecule has 0 bridgehead atoms. The summed E-state index contributed by atoms with van der Waals surface area (Å²) < 4.78 is 41.5. The summed E-state index contributed by atoms with van der Waals surface area (Å²) in [6.07, 6.45) is 2.47. The summed E-state index contributed by atoms with van der Waals surface area (Å²) in [6.45, 7) is 1.84. The van der Waals surface area contributed by atoms with Gasteiger partial charge in [-0.25, -0.2) is 9.97 Å². The molecular weight excluding hydrogens is 307 g/mol. The van der Waals surface area contributed by atoms with Gasteiger partial charge in [0, 0.05) is 18.0 Å². The van der Waals surface area contributed by atoms with E-state index in [0.717, 1.165) is 23.9 Å². The minimum atomic E-state index is -4.57. The first-order chi connectivity index (χ1) is 10.8. The van der Waals surface area contributed by atoms with Crippen LogP contribution in [0.2, 0.25) is 0 Å². The van der Waals surface area contributed by atoms with Crippen LogP contribution in [0.1, 0.15) is 50.3 Å². The van der Waals surface area contributed by atoms with Crippen molar-refractivity contribution in [3.8, 4) is 5.95 Å². The third-order valence-corrected chi connectivity index (χ3v) is 4.49. The summed E-state index contributed by atoms with van der Waals surface area (Å²) in [4.78, 5) is 7.91. The van der Waals surface area contributed by atoms with Crippen LogP contribution >= 0.6 is 0 Å². The van der Waals surface area contributed by atoms with E-state index in [0.29, 0.717) is 12.8 Å². The van der Waals surface area contributed by atoms with Crippen molar-refractivity contribution in [2.45, 2.75) is 50.6 Å². The summed E-state index contributed by atoms with van der Waals surface area (Å²) in [7, 11) is 0. The number of nitrogens with two attached hydrogens (primary N) is 1. The largest absolute Gasteiger partial charge is 0.435 e. The Morgan fingerprint density at radius 3 is 2.30 bits per heavy atom. The molecule has 2 heterocycles. The standard InChI is InChI=1S/C15H18F3N5/c1-14(6-3-2-4-7-14)10-11(15(16,17)18)22-23(12(10)19)13-20-8-5-9-21-13/h5,8-9H,2-4,6-7,19H2,1H3. The van der Waals surface area contributed by atoms with Crippen molar-refractivity contribution in [2.75, 3.05) is 5.73 Å². The normalized spacial score (nSPS) is 18.1. The second kappa shape index (κ2) is 5.50. The lowest BCUT2D eigenvalue weighted by molar-refractivity contribution is -0.142. The van der Waals surface area contributed by atoms with Crippen molar-refractivity contribution in [1.82, 2.24) is 19.7 Å². The highest BCUT2D eigenvalue weighted by Crippen LogP contribution is 2.47. The molecule has 1 aliphatic carbocycles. The maximum atomic E-state index is 13.5. The highest BCUT2D eigenvalue weighted by atomic mass is 19.4. The van der Waals surface area contributed by atoms with Crippen LogP contribution in [0.3, 0.4) is 0 Å². The van der Waals surface area contributed by atoms with Crippen LogP contribution in [0.5, 0.6) is 0 Å². The van der Waals surface area contributed by atoms with E-state index < -0.39 is 17.3 Å². The van der Waals surface area contributed by atoms with Gasteiger partial charge in [-0.1, -0.05) is 26.2 Å². The molecule has 0 saturated heterocycles. The van der Waals surface area contributed by atoms with Gasteiger partial charge in [0.25, 0.3) is 5.95 Å². The van der Waals surface area contributed by atoms with Crippen LogP contribution in [-0.2, 0) is 11.6 Å². The number of rotatable bonds is 2. The summed E-state index contributed by atoms with van der Waals surface area (Å²) in [5.41, 5.74) is 4.60. The van der Waals surface area contributed by atoms with Crippen molar-refractivity contribution >= 4 is 5.82 Å². The molecule has 23 heavy (non-hydrogen) atoms. The predicted molar refractivity (Wildman–Crippen MR) is 79.0 cm³/mol. The minimum Gasteiger partial charge on any atom is -0.383 e. The molecule has 0 atom stereocenters. The quantitative estimate of drug-likeness (QED) is 0.917. The Hall–Kier alpha value is -2.12. The van der Waals surface area contributed by atoms with Gasteiger partial charge in [-0.15, -0.1) is 0 Å². The van der Waals surface area contributed by atoms with Crippen molar-refractivity contribution in [3.05, 3.63) is 29.7 Å². The fourth-order valence-corrected chi connectivity index (χ4v) is 3.36. The van der Waals surface area contributed by atoms with Gasteiger partial charge in [-0.3, -0.25) is 0 Å². The molecule has 8 heteroatoms. The summed E-state index contributed by atoms with van der Waals surface area (Å²) in [5.74, 6) is 0.0223. The fraction of sp³-hybridized carbons (Fsp3) is 0.533. The zero-order valence-corrected chi connectivity index (χ0v) is 12.8. The van der Waals surface area contributed by atoms with Crippen molar-refractivity contribution < 1.29 is 13.2 Å². The van der Waals surface area contributed by atoms with Gasteiger partial charge in [0.05, 0.1) is 0 Å². The van der Waals surface area contributed by atoms with E-state index in [4.69, 9.17) is 5.73 Å². The Morgan fingerprint density at radius 2 is 1.74 bits per heavy atom. The maximum Gasteiger partial charge on any atom is 0.435 e. The second-order valence-electron chi connectivity index (χ2n) is 6.19. The topological polar surface area (TPSA) is 69.6 Å². The SMILES string of the molecule is CC1(c2c(C(F)(F)F)nn(-c3ncccn3)c2N)CCCCC1. The van der Waals surface area contributed by atoms with E-state index in [1.54, 1.807) is 6.07 Å². The Balaban J connectivity index is 2.19. The van der Waals surface area contributed by atoms with Gasteiger partial charge < -0.3 is 5.73 Å². The smallest absolute Gasteiger partial charge is 0.383 e. The number of nitrogens with zero attached hydrogens (tertiary/aromatic N) is 4. The van der Waals surface area contributed by atoms with E-state index in [2.05, 4.69) is 15.1 Å². The summed E-state index contributed by atoms with van der Waals surface area (Å²) in [5, 5.41) is 3.71. The van der Waals surface area contributed by atoms with E-state index in [1.807, 2.05) is 6.92 Å². The number of alkyl halides is 3. The van der Waals surface area contributed by atoms with E-state index in [-0.39, 0.29) is 17.3 Å². The summed E-state index contributed by atoms with van der Waals surface area (Å²) in [6, 6.07) is 1.58. The number of hydrogen-bond donors (Lipinski definition) is 1. The number of halogens is 3. The molecule has 0 spiro atoms. The molecule has 2 aromatic heterocycles. The van der Waals surface area contributed by atoms with Crippen molar-refractivity contribution in [2.24, 2.45) is 0 Å². The number of nitrogen functional groups attached to an aromatic ring is 1. The predicted octanol–water partition coefficient (Wildman–Crippen LogP) is 3.49. The van der Waals surface area contributed by atoms with Crippen LogP contribution in [0.25, 0.3) is 5.95 Å². The van der Waals surface area contributed by atoms with Crippen molar-refractivity contribution in [1.29, 1.82) is 0 Å². The zero-order chi connectivity index (χ0) is 16.7. The molecule has 0 aliphatic heterocycles. The van der Waals surface area contributed by atoms with Crippen LogP contribution < -0.4 is 5.73 Å². The van der Waals surface area contributed by atoms with Gasteiger partial charge >= 0.3 is 6.18 Å². The molecule has 1 fully saturated rings. The Bertz CT molecular complexity index is 687. The highest BCUT2D eigenvalue weighted by molar-refractivity contribution is 5.52. The maximum absolute atomic E-state index is 13.5. The molecule has 0 amide bonds. The third-order valence-electron chi connectivity index (χ3n) is 4.49. The summed E-state index contributed by atoms with van der Waals surface area (Å²) >= 11 is 0. The van der Waals surface area contributed by atoms with E-state index in [1.165, 1.54) is 12.4 Å². The molecule has 5 nitrogen and oxygen atoms in total. The molecule has 124 valence electrons. The molecule has 0 unspecified atom stereocenters. The first-order valence-corrected chi connectivity index (χ1v) is 7.56. The third kappa shape index (κ3) is 2.77. The minimum absolute atomic E-state index is 0.0204. The Kier molecular flexibility index (Phi) is 3.77. The number of hydrogen-bond acceptors (Lipinski definition) is 4. The average molecular weight is 325 g/mol. The second-order valence-corrected chi connectivity index (χ2v) is 6.19. The zero-order valence-electron chi connectivity index (χ0n) is 12.8. The lowest BCUT2D eigenvalue weighted by atomic mass is 9.70. The van der Waals surface area contributed by atoms with Crippen LogP contribution in [0.4, 0.5) is 19.0 Å². The molecular formula is C15H18F3N5. The lowest BCUT2D eigenvalue weighted by Gasteiger charge is -2.34. The Labute approximate surface area is 131 Å². The first-order valence-electron chi connectivity index (χ1n) is 7.56. The molecule has 2 N–H and O–H groups in total. The molecule has 0 aromatic carbocycles. The molecule has 3 rings (SSSR count). The van der Waals surface area contributed by atoms with Gasteiger partial charge in [-0.2, -0.15) is 23.0 Å². The average Bonchev–Trinajstić information content (AvgIpc) is 2.87. The number of aromatic nitrogens is 4. The van der Waals surface area contributed by atoms with Crippen LogP contribution in [-0.4, -0.2) is 19.7 Å². The van der Waals surface area contributed by atoms with Crippen molar-refractivity contribution in [3.63, 3.8) is 0 Å². The van der Waals surface area contributed by atoms with Crippen LogP contribution in [0.15, 0.2) is 18.5 Å². The lowest BCUT2D eigenvalue weighted by Crippen LogP contribution is -2.28. The molecule has 2 aromatic rings. The Morgan fingerprint density at radius 1 is 1.13 bits per heavy atom. The van der Waals surface area contributed by atoms with Gasteiger partial charge in [0.1, 0.15) is 5.82 Å². The monoisotopic (exact) mass is 325 g/mol. The first kappa shape index (κ1) is 15.8. The molecule has 1 saturated carbocycles. The van der Waals surface area contributed by atoms with Gasteiger partial charge in [0.2, 0.25) is 0 Å². The molecule has 1 aliphatic rings. The highest BCUT2D eigenvalue weighted by Gasteiger charge is 2.45. The van der Waals surface area contributed by atoms with Gasteiger partial charge in [-0.05, 0) is 24.3 Å². The fourth-order valence-electron chi connectivity index (χ4n) is 3.36. The molecule has 0 radical (unpaired) electrons. The van der Waals surface area contributed by atoms with E-state index >= 15 is 0 Å². The van der Waals surface area contributed by atoms with E-state index in [9.17, 15) is 13.2 Å². The van der Waals surface area contributed by atoms with Crippen LogP contribution in [0, 0.1) is 0 Å². The van der Waals surface area contributed by atoms with Gasteiger partial charge in [0.15, 0.2) is 5.69 Å².